The van der Waals surface area contributed by atoms with Gasteiger partial charge in [-0.25, -0.2) is 4.99 Å². The van der Waals surface area contributed by atoms with Gasteiger partial charge < -0.3 is 25.2 Å². The topological polar surface area (TPSA) is 86.3 Å². The highest BCUT2D eigenvalue weighted by Gasteiger charge is 2.23. The molecular formula is C22H35N5O3. The molecule has 2 amide bonds. The lowest BCUT2D eigenvalue weighted by Gasteiger charge is -2.25. The normalized spacial score (nSPS) is 16.3. The Morgan fingerprint density at radius 2 is 2.00 bits per heavy atom. The molecule has 0 aromatic heterocycles. The van der Waals surface area contributed by atoms with Crippen molar-refractivity contribution in [3.8, 4) is 0 Å². The van der Waals surface area contributed by atoms with E-state index in [2.05, 4.69) is 15.6 Å². The predicted molar refractivity (Wildman–Crippen MR) is 119 cm³/mol. The summed E-state index contributed by atoms with van der Waals surface area (Å²) in [5.74, 6) is 0.648. The Kier molecular flexibility index (Phi) is 9.60. The lowest BCUT2D eigenvalue weighted by Crippen LogP contribution is -2.45. The highest BCUT2D eigenvalue weighted by molar-refractivity contribution is 5.94. The SMILES string of the molecule is CCNC(=NCc1cccc(NC(=O)C2CCCO2)c1)N(C)CC(=O)N(CC)CC. The third kappa shape index (κ3) is 7.02. The number of guanidine groups is 1. The number of rotatable bonds is 9. The largest absolute Gasteiger partial charge is 0.368 e. The average Bonchev–Trinajstić information content (AvgIpc) is 3.27. The standard InChI is InChI=1S/C22H35N5O3/c1-5-23-22(26(4)16-20(28)27(6-2)7-3)24-15-17-10-8-11-18(14-17)25-21(29)19-12-9-13-30-19/h8,10-11,14,19H,5-7,9,12-13,15-16H2,1-4H3,(H,23,24)(H,25,29). The summed E-state index contributed by atoms with van der Waals surface area (Å²) >= 11 is 0. The van der Waals surface area contributed by atoms with E-state index in [0.717, 1.165) is 24.1 Å². The maximum Gasteiger partial charge on any atom is 0.253 e. The van der Waals surface area contributed by atoms with Gasteiger partial charge >= 0.3 is 0 Å². The molecule has 1 saturated heterocycles. The number of nitrogens with one attached hydrogen (secondary N) is 2. The van der Waals surface area contributed by atoms with E-state index in [-0.39, 0.29) is 24.5 Å². The van der Waals surface area contributed by atoms with E-state index in [9.17, 15) is 9.59 Å². The molecule has 0 radical (unpaired) electrons. The number of hydrogen-bond acceptors (Lipinski definition) is 4. The lowest BCUT2D eigenvalue weighted by molar-refractivity contribution is -0.131. The number of likely N-dealkylation sites (N-methyl/N-ethyl adjacent to an activating group) is 2. The summed E-state index contributed by atoms with van der Waals surface area (Å²) in [5.41, 5.74) is 1.71. The van der Waals surface area contributed by atoms with Crippen LogP contribution in [-0.4, -0.2) is 73.5 Å². The molecule has 30 heavy (non-hydrogen) atoms. The highest BCUT2D eigenvalue weighted by atomic mass is 16.5. The Bertz CT molecular complexity index is 727. The van der Waals surface area contributed by atoms with Gasteiger partial charge in [0, 0.05) is 39.0 Å². The fourth-order valence-corrected chi connectivity index (χ4v) is 3.34. The number of carbonyl (C=O) groups is 2. The van der Waals surface area contributed by atoms with Crippen LogP contribution in [0.3, 0.4) is 0 Å². The third-order valence-corrected chi connectivity index (χ3v) is 5.01. The van der Waals surface area contributed by atoms with Crippen LogP contribution in [0.25, 0.3) is 0 Å². The van der Waals surface area contributed by atoms with Crippen molar-refractivity contribution < 1.29 is 14.3 Å². The molecule has 1 aliphatic rings. The van der Waals surface area contributed by atoms with Crippen molar-refractivity contribution in [3.05, 3.63) is 29.8 Å². The van der Waals surface area contributed by atoms with Crippen LogP contribution >= 0.6 is 0 Å². The zero-order valence-electron chi connectivity index (χ0n) is 18.6. The van der Waals surface area contributed by atoms with Crippen LogP contribution < -0.4 is 10.6 Å². The van der Waals surface area contributed by atoms with E-state index in [1.54, 1.807) is 4.90 Å². The van der Waals surface area contributed by atoms with Crippen molar-refractivity contribution in [1.82, 2.24) is 15.1 Å². The Labute approximate surface area is 179 Å². The quantitative estimate of drug-likeness (QED) is 0.475. The van der Waals surface area contributed by atoms with Gasteiger partial charge in [0.05, 0.1) is 13.1 Å². The molecule has 2 rings (SSSR count). The van der Waals surface area contributed by atoms with Crippen molar-refractivity contribution in [2.75, 3.05) is 45.2 Å². The molecule has 1 aliphatic heterocycles. The van der Waals surface area contributed by atoms with Crippen molar-refractivity contribution >= 4 is 23.5 Å². The first-order chi connectivity index (χ1) is 14.5. The molecule has 1 atom stereocenters. The highest BCUT2D eigenvalue weighted by Crippen LogP contribution is 2.16. The predicted octanol–water partition coefficient (Wildman–Crippen LogP) is 2.07. The smallest absolute Gasteiger partial charge is 0.253 e. The second kappa shape index (κ2) is 12.2. The van der Waals surface area contributed by atoms with Crippen LogP contribution in [0.1, 0.15) is 39.2 Å². The average molecular weight is 418 g/mol. The first-order valence-electron chi connectivity index (χ1n) is 10.8. The Morgan fingerprint density at radius 3 is 2.63 bits per heavy atom. The maximum absolute atomic E-state index is 12.4. The summed E-state index contributed by atoms with van der Waals surface area (Å²) in [6, 6.07) is 7.65. The van der Waals surface area contributed by atoms with Gasteiger partial charge in [-0.15, -0.1) is 0 Å². The van der Waals surface area contributed by atoms with Gasteiger partial charge in [-0.3, -0.25) is 9.59 Å². The summed E-state index contributed by atoms with van der Waals surface area (Å²) in [4.78, 5) is 33.0. The summed E-state index contributed by atoms with van der Waals surface area (Å²) in [6.07, 6.45) is 1.33. The second-order valence-corrected chi connectivity index (χ2v) is 7.28. The summed E-state index contributed by atoms with van der Waals surface area (Å²) in [6.45, 7) is 9.40. The number of hydrogen-bond donors (Lipinski definition) is 2. The van der Waals surface area contributed by atoms with Crippen LogP contribution in [0.15, 0.2) is 29.3 Å². The molecule has 0 bridgehead atoms. The van der Waals surface area contributed by atoms with Crippen molar-refractivity contribution in [2.45, 2.75) is 46.3 Å². The summed E-state index contributed by atoms with van der Waals surface area (Å²) in [7, 11) is 1.86. The zero-order valence-corrected chi connectivity index (χ0v) is 18.6. The van der Waals surface area contributed by atoms with Gasteiger partial charge in [0.2, 0.25) is 5.91 Å². The lowest BCUT2D eigenvalue weighted by atomic mass is 10.2. The molecule has 0 spiro atoms. The van der Waals surface area contributed by atoms with Crippen molar-refractivity contribution in [2.24, 2.45) is 4.99 Å². The molecule has 0 saturated carbocycles. The molecule has 8 nitrogen and oxygen atoms in total. The minimum absolute atomic E-state index is 0.0759. The first kappa shape index (κ1) is 23.7. The number of benzene rings is 1. The Hall–Kier alpha value is -2.61. The Balaban J connectivity index is 2.01. The minimum Gasteiger partial charge on any atom is -0.368 e. The van der Waals surface area contributed by atoms with Crippen LogP contribution in [0.4, 0.5) is 5.69 Å². The molecule has 0 aliphatic carbocycles. The van der Waals surface area contributed by atoms with Gasteiger partial charge in [-0.2, -0.15) is 0 Å². The van der Waals surface area contributed by atoms with Gasteiger partial charge in [0.15, 0.2) is 5.96 Å². The van der Waals surface area contributed by atoms with Gasteiger partial charge in [0.25, 0.3) is 5.91 Å². The second-order valence-electron chi connectivity index (χ2n) is 7.28. The number of aliphatic imine (C=N–C) groups is 1. The Morgan fingerprint density at radius 1 is 1.23 bits per heavy atom. The van der Waals surface area contributed by atoms with E-state index in [1.807, 2.05) is 57.0 Å². The fraction of sp³-hybridized carbons (Fsp3) is 0.591. The molecular weight excluding hydrogens is 382 g/mol. The summed E-state index contributed by atoms with van der Waals surface area (Å²) in [5, 5.41) is 6.16. The maximum atomic E-state index is 12.4. The van der Waals surface area contributed by atoms with Gasteiger partial charge in [-0.1, -0.05) is 12.1 Å². The molecule has 1 fully saturated rings. The van der Waals surface area contributed by atoms with E-state index >= 15 is 0 Å². The zero-order chi connectivity index (χ0) is 21.9. The van der Waals surface area contributed by atoms with Crippen LogP contribution in [0.2, 0.25) is 0 Å². The van der Waals surface area contributed by atoms with Crippen LogP contribution in [0.5, 0.6) is 0 Å². The van der Waals surface area contributed by atoms with E-state index < -0.39 is 0 Å². The van der Waals surface area contributed by atoms with Gasteiger partial charge in [0.1, 0.15) is 6.10 Å². The molecule has 1 aromatic carbocycles. The van der Waals surface area contributed by atoms with E-state index in [0.29, 0.717) is 38.7 Å². The van der Waals surface area contributed by atoms with Gasteiger partial charge in [-0.05, 0) is 51.3 Å². The first-order valence-corrected chi connectivity index (χ1v) is 10.8. The number of nitrogens with zero attached hydrogens (tertiary/aromatic N) is 3. The fourth-order valence-electron chi connectivity index (χ4n) is 3.34. The molecule has 166 valence electrons. The summed E-state index contributed by atoms with van der Waals surface area (Å²) < 4.78 is 5.44. The number of anilines is 1. The van der Waals surface area contributed by atoms with Crippen LogP contribution in [-0.2, 0) is 20.9 Å². The number of ether oxygens (including phenoxy) is 1. The molecule has 8 heteroatoms. The third-order valence-electron chi connectivity index (χ3n) is 5.01. The molecule has 1 unspecified atom stereocenters. The number of amides is 2. The minimum atomic E-state index is -0.357. The van der Waals surface area contributed by atoms with Crippen molar-refractivity contribution in [3.63, 3.8) is 0 Å². The number of carbonyl (C=O) groups excluding carboxylic acids is 2. The molecule has 2 N–H and O–H groups in total. The molecule has 1 aromatic rings. The van der Waals surface area contributed by atoms with Crippen molar-refractivity contribution in [1.29, 1.82) is 0 Å². The molecule has 1 heterocycles. The van der Waals surface area contributed by atoms with E-state index in [1.165, 1.54) is 0 Å². The van der Waals surface area contributed by atoms with Crippen LogP contribution in [0, 0.1) is 0 Å². The monoisotopic (exact) mass is 417 g/mol. The van der Waals surface area contributed by atoms with E-state index in [4.69, 9.17) is 4.74 Å².